The average Bonchev–Trinajstić information content (AvgIpc) is 2.25. The maximum Gasteiger partial charge on any atom is 0.323 e. The SMILES string of the molecule is Cc1ccccc1C(=O)N(CC(=O)O)C(C)C. The highest BCUT2D eigenvalue weighted by molar-refractivity contribution is 5.97. The topological polar surface area (TPSA) is 57.6 Å². The lowest BCUT2D eigenvalue weighted by Crippen LogP contribution is -2.40. The van der Waals surface area contributed by atoms with E-state index in [-0.39, 0.29) is 18.5 Å². The van der Waals surface area contributed by atoms with E-state index >= 15 is 0 Å². The van der Waals surface area contributed by atoms with Crippen LogP contribution in [0.4, 0.5) is 0 Å². The fraction of sp³-hybridized carbons (Fsp3) is 0.385. The van der Waals surface area contributed by atoms with Crippen LogP contribution in [0.2, 0.25) is 0 Å². The van der Waals surface area contributed by atoms with Crippen molar-refractivity contribution in [3.8, 4) is 0 Å². The van der Waals surface area contributed by atoms with Gasteiger partial charge >= 0.3 is 5.97 Å². The number of carboxylic acids is 1. The Kier molecular flexibility index (Phi) is 4.26. The highest BCUT2D eigenvalue weighted by Gasteiger charge is 2.22. The van der Waals surface area contributed by atoms with Gasteiger partial charge in [-0.1, -0.05) is 18.2 Å². The van der Waals surface area contributed by atoms with E-state index in [0.29, 0.717) is 5.56 Å². The van der Waals surface area contributed by atoms with Gasteiger partial charge in [-0.25, -0.2) is 0 Å². The van der Waals surface area contributed by atoms with Crippen molar-refractivity contribution < 1.29 is 14.7 Å². The van der Waals surface area contributed by atoms with Gasteiger partial charge in [-0.05, 0) is 32.4 Å². The van der Waals surface area contributed by atoms with E-state index in [2.05, 4.69) is 0 Å². The lowest BCUT2D eigenvalue weighted by Gasteiger charge is -2.25. The Morgan fingerprint density at radius 3 is 2.35 bits per heavy atom. The molecule has 0 bridgehead atoms. The van der Waals surface area contributed by atoms with Gasteiger partial charge in [0.1, 0.15) is 6.54 Å². The lowest BCUT2D eigenvalue weighted by atomic mass is 10.1. The van der Waals surface area contributed by atoms with Crippen LogP contribution in [0.25, 0.3) is 0 Å². The van der Waals surface area contributed by atoms with Crippen LogP contribution in [0.5, 0.6) is 0 Å². The molecule has 0 aliphatic carbocycles. The van der Waals surface area contributed by atoms with Gasteiger partial charge in [0.15, 0.2) is 0 Å². The number of carbonyl (C=O) groups is 2. The minimum Gasteiger partial charge on any atom is -0.480 e. The van der Waals surface area contributed by atoms with Gasteiger partial charge in [0.05, 0.1) is 0 Å². The van der Waals surface area contributed by atoms with Crippen LogP contribution < -0.4 is 0 Å². The molecule has 17 heavy (non-hydrogen) atoms. The fourth-order valence-corrected chi connectivity index (χ4v) is 1.60. The van der Waals surface area contributed by atoms with Gasteiger partial charge in [0.25, 0.3) is 5.91 Å². The van der Waals surface area contributed by atoms with Gasteiger partial charge in [-0.3, -0.25) is 9.59 Å². The molecule has 0 aliphatic rings. The van der Waals surface area contributed by atoms with E-state index in [9.17, 15) is 9.59 Å². The fourth-order valence-electron chi connectivity index (χ4n) is 1.60. The summed E-state index contributed by atoms with van der Waals surface area (Å²) in [6.07, 6.45) is 0. The van der Waals surface area contributed by atoms with Crippen molar-refractivity contribution in [1.82, 2.24) is 4.90 Å². The number of hydrogen-bond donors (Lipinski definition) is 1. The van der Waals surface area contributed by atoms with Crippen LogP contribution in [0.1, 0.15) is 29.8 Å². The Balaban J connectivity index is 3.00. The van der Waals surface area contributed by atoms with Gasteiger partial charge in [-0.2, -0.15) is 0 Å². The molecule has 0 aliphatic heterocycles. The Hall–Kier alpha value is -1.84. The Bertz CT molecular complexity index is 426. The number of carboxylic acid groups (broad SMARTS) is 1. The van der Waals surface area contributed by atoms with E-state index in [4.69, 9.17) is 5.11 Å². The minimum absolute atomic E-state index is 0.141. The zero-order valence-corrected chi connectivity index (χ0v) is 10.3. The number of rotatable bonds is 4. The molecule has 0 heterocycles. The molecule has 0 aromatic heterocycles. The van der Waals surface area contributed by atoms with E-state index in [1.165, 1.54) is 4.90 Å². The van der Waals surface area contributed by atoms with Crippen LogP contribution in [-0.4, -0.2) is 34.5 Å². The van der Waals surface area contributed by atoms with Crippen LogP contribution in [-0.2, 0) is 4.79 Å². The first-order chi connectivity index (χ1) is 7.93. The molecule has 4 nitrogen and oxygen atoms in total. The Morgan fingerprint density at radius 1 is 1.29 bits per heavy atom. The van der Waals surface area contributed by atoms with E-state index in [1.54, 1.807) is 26.0 Å². The largest absolute Gasteiger partial charge is 0.480 e. The molecular formula is C13H17NO3. The zero-order chi connectivity index (χ0) is 13.0. The summed E-state index contributed by atoms with van der Waals surface area (Å²) in [5.41, 5.74) is 1.41. The molecular weight excluding hydrogens is 218 g/mol. The van der Waals surface area contributed by atoms with Crippen molar-refractivity contribution in [3.05, 3.63) is 35.4 Å². The van der Waals surface area contributed by atoms with E-state index in [1.807, 2.05) is 19.1 Å². The molecule has 0 radical (unpaired) electrons. The summed E-state index contributed by atoms with van der Waals surface area (Å²) in [5, 5.41) is 8.80. The third kappa shape index (κ3) is 3.31. The van der Waals surface area contributed by atoms with Crippen molar-refractivity contribution in [2.45, 2.75) is 26.8 Å². The maximum atomic E-state index is 12.2. The number of aliphatic carboxylic acids is 1. The highest BCUT2D eigenvalue weighted by atomic mass is 16.4. The number of aryl methyl sites for hydroxylation is 1. The lowest BCUT2D eigenvalue weighted by molar-refractivity contribution is -0.138. The van der Waals surface area contributed by atoms with Crippen LogP contribution in [0, 0.1) is 6.92 Å². The molecule has 0 saturated heterocycles. The molecule has 1 N–H and O–H groups in total. The third-order valence-corrected chi connectivity index (χ3v) is 2.57. The van der Waals surface area contributed by atoms with Crippen molar-refractivity contribution in [3.63, 3.8) is 0 Å². The van der Waals surface area contributed by atoms with Crippen LogP contribution >= 0.6 is 0 Å². The first-order valence-electron chi connectivity index (χ1n) is 5.52. The summed E-state index contributed by atoms with van der Waals surface area (Å²) < 4.78 is 0. The normalized spacial score (nSPS) is 10.4. The number of hydrogen-bond acceptors (Lipinski definition) is 2. The first-order valence-corrected chi connectivity index (χ1v) is 5.52. The summed E-state index contributed by atoms with van der Waals surface area (Å²) in [4.78, 5) is 24.3. The number of nitrogens with zero attached hydrogens (tertiary/aromatic N) is 1. The molecule has 1 rings (SSSR count). The second kappa shape index (κ2) is 5.48. The van der Waals surface area contributed by atoms with Gasteiger partial charge < -0.3 is 10.0 Å². The Labute approximate surface area is 101 Å². The second-order valence-corrected chi connectivity index (χ2v) is 4.24. The molecule has 0 fully saturated rings. The van der Waals surface area contributed by atoms with Crippen molar-refractivity contribution in [1.29, 1.82) is 0 Å². The number of carbonyl (C=O) groups excluding carboxylic acids is 1. The predicted molar refractivity (Wildman–Crippen MR) is 65.0 cm³/mol. The maximum absolute atomic E-state index is 12.2. The van der Waals surface area contributed by atoms with Crippen LogP contribution in [0.15, 0.2) is 24.3 Å². The quantitative estimate of drug-likeness (QED) is 0.867. The second-order valence-electron chi connectivity index (χ2n) is 4.24. The summed E-state index contributed by atoms with van der Waals surface area (Å²) in [6.45, 7) is 5.18. The van der Waals surface area contributed by atoms with Crippen molar-refractivity contribution in [2.75, 3.05) is 6.54 Å². The molecule has 1 aromatic rings. The molecule has 0 spiro atoms. The number of benzene rings is 1. The highest BCUT2D eigenvalue weighted by Crippen LogP contribution is 2.12. The molecule has 0 atom stereocenters. The van der Waals surface area contributed by atoms with E-state index < -0.39 is 5.97 Å². The monoisotopic (exact) mass is 235 g/mol. The van der Waals surface area contributed by atoms with Crippen molar-refractivity contribution in [2.24, 2.45) is 0 Å². The molecule has 92 valence electrons. The van der Waals surface area contributed by atoms with Gasteiger partial charge in [0.2, 0.25) is 0 Å². The standard InChI is InChI=1S/C13H17NO3/c1-9(2)14(8-12(15)16)13(17)11-7-5-4-6-10(11)3/h4-7,9H,8H2,1-3H3,(H,15,16). The molecule has 0 unspecified atom stereocenters. The smallest absolute Gasteiger partial charge is 0.323 e. The third-order valence-electron chi connectivity index (χ3n) is 2.57. The molecule has 0 saturated carbocycles. The van der Waals surface area contributed by atoms with Crippen LogP contribution in [0.3, 0.4) is 0 Å². The number of amides is 1. The predicted octanol–water partition coefficient (Wildman–Crippen LogP) is 1.93. The van der Waals surface area contributed by atoms with E-state index in [0.717, 1.165) is 5.56 Å². The first kappa shape index (κ1) is 13.2. The van der Waals surface area contributed by atoms with Gasteiger partial charge in [0, 0.05) is 11.6 Å². The average molecular weight is 235 g/mol. The summed E-state index contributed by atoms with van der Waals surface area (Å²) in [7, 11) is 0. The molecule has 1 aromatic carbocycles. The Morgan fingerprint density at radius 2 is 1.88 bits per heavy atom. The minimum atomic E-state index is -0.999. The summed E-state index contributed by atoms with van der Waals surface area (Å²) in [6, 6.07) is 7.04. The molecule has 4 heteroatoms. The molecule has 1 amide bonds. The van der Waals surface area contributed by atoms with Crippen molar-refractivity contribution >= 4 is 11.9 Å². The van der Waals surface area contributed by atoms with Gasteiger partial charge in [-0.15, -0.1) is 0 Å². The summed E-state index contributed by atoms with van der Waals surface area (Å²) >= 11 is 0. The zero-order valence-electron chi connectivity index (χ0n) is 10.3. The summed E-state index contributed by atoms with van der Waals surface area (Å²) in [5.74, 6) is -1.24.